The number of carbonyl (C=O) groups is 1. The zero-order valence-electron chi connectivity index (χ0n) is 7.65. The van der Waals surface area contributed by atoms with Gasteiger partial charge >= 0.3 is 11.7 Å². The van der Waals surface area contributed by atoms with E-state index in [-0.39, 0.29) is 5.71 Å². The van der Waals surface area contributed by atoms with E-state index in [0.29, 0.717) is 6.08 Å². The molecule has 0 unspecified atom stereocenters. The monoisotopic (exact) mass is 246 g/mol. The third-order valence-electron chi connectivity index (χ3n) is 1.80. The second kappa shape index (κ2) is 3.89. The maximum atomic E-state index is 10.9. The summed E-state index contributed by atoms with van der Waals surface area (Å²) in [5.41, 5.74) is 7.19. The van der Waals surface area contributed by atoms with Crippen LogP contribution in [-0.4, -0.2) is 39.7 Å². The number of hydrogen-bond donors (Lipinski definition) is 3. The fourth-order valence-corrected chi connectivity index (χ4v) is 1.92. The van der Waals surface area contributed by atoms with E-state index < -0.39 is 38.7 Å². The topological polar surface area (TPSA) is 148 Å². The van der Waals surface area contributed by atoms with Crippen LogP contribution in [-0.2, 0) is 14.9 Å². The number of aliphatic hydroxyl groups is 1. The predicted molar refractivity (Wildman–Crippen MR) is 50.2 cm³/mol. The summed E-state index contributed by atoms with van der Waals surface area (Å²) in [5.74, 6) is -2.52. The van der Waals surface area contributed by atoms with Crippen molar-refractivity contribution in [3.8, 4) is 0 Å². The summed E-state index contributed by atoms with van der Waals surface area (Å²) >= 11 is 0. The van der Waals surface area contributed by atoms with Gasteiger partial charge in [0.15, 0.2) is 0 Å². The second-order valence-corrected chi connectivity index (χ2v) is 4.27. The Hall–Kier alpha value is -1.96. The summed E-state index contributed by atoms with van der Waals surface area (Å²) in [6.07, 6.45) is 0.232. The van der Waals surface area contributed by atoms with Gasteiger partial charge in [0.2, 0.25) is 0 Å². The molecule has 0 fully saturated rings. The minimum atomic E-state index is -4.83. The fourth-order valence-electron chi connectivity index (χ4n) is 1.17. The minimum absolute atomic E-state index is 0.282. The molecule has 0 saturated heterocycles. The molecular weight excluding hydrogens is 240 g/mol. The first-order chi connectivity index (χ1) is 7.27. The molecule has 1 rings (SSSR count). The molecule has 0 bridgehead atoms. The molecule has 0 aromatic rings. The molecule has 1 aliphatic carbocycles. The van der Waals surface area contributed by atoms with Crippen molar-refractivity contribution < 1.29 is 32.8 Å². The Bertz CT molecular complexity index is 564. The molecule has 0 amide bonds. The Kier molecular flexibility index (Phi) is 2.95. The summed E-state index contributed by atoms with van der Waals surface area (Å²) < 4.78 is 30.5. The number of aliphatic hydroxyl groups excluding tert-OH is 1. The van der Waals surface area contributed by atoms with Crippen molar-refractivity contribution in [3.63, 3.8) is 0 Å². The van der Waals surface area contributed by atoms with Gasteiger partial charge in [-0.15, -0.1) is 0 Å². The lowest BCUT2D eigenvalue weighted by atomic mass is 10.0. The third kappa shape index (κ3) is 2.16. The van der Waals surface area contributed by atoms with Gasteiger partial charge < -0.3 is 15.7 Å². The normalized spacial score (nSPS) is 16.8. The van der Waals surface area contributed by atoms with Crippen molar-refractivity contribution in [2.75, 3.05) is 0 Å². The SMILES string of the molecule is [N-]=[N+]=C1C=C(S(=O)(=O)O)C(C(=O)O)=C(O)C1. The van der Waals surface area contributed by atoms with Crippen molar-refractivity contribution in [3.05, 3.63) is 27.8 Å². The van der Waals surface area contributed by atoms with Gasteiger partial charge in [-0.3, -0.25) is 4.55 Å². The number of allylic oxidation sites excluding steroid dienone is 2. The van der Waals surface area contributed by atoms with E-state index >= 15 is 0 Å². The standard InChI is InChI=1S/C7H6N2O6S/c8-9-3-1-4(10)6(7(11)12)5(2-3)16(13,14)15/h2,10H,1H2,(H,11,12)(H,13,14,15). The molecule has 0 aliphatic heterocycles. The molecule has 86 valence electrons. The minimum Gasteiger partial charge on any atom is -0.511 e. The van der Waals surface area contributed by atoms with Gasteiger partial charge in [0.25, 0.3) is 10.1 Å². The van der Waals surface area contributed by atoms with Crippen LogP contribution in [0.5, 0.6) is 0 Å². The fraction of sp³-hybridized carbons (Fsp3) is 0.143. The van der Waals surface area contributed by atoms with Gasteiger partial charge in [-0.25, -0.2) is 4.79 Å². The van der Waals surface area contributed by atoms with Crippen LogP contribution < -0.4 is 0 Å². The van der Waals surface area contributed by atoms with Crippen molar-refractivity contribution in [1.29, 1.82) is 0 Å². The average molecular weight is 246 g/mol. The van der Waals surface area contributed by atoms with Crippen LogP contribution in [0.1, 0.15) is 6.42 Å². The highest BCUT2D eigenvalue weighted by atomic mass is 32.2. The lowest BCUT2D eigenvalue weighted by molar-refractivity contribution is -0.132. The number of nitrogens with zero attached hydrogens (tertiary/aromatic N) is 2. The molecule has 0 atom stereocenters. The summed E-state index contributed by atoms with van der Waals surface area (Å²) in [4.78, 5) is 12.3. The quantitative estimate of drug-likeness (QED) is 0.347. The highest BCUT2D eigenvalue weighted by molar-refractivity contribution is 7.90. The number of rotatable bonds is 2. The molecular formula is C7H6N2O6S. The van der Waals surface area contributed by atoms with E-state index in [1.807, 2.05) is 0 Å². The van der Waals surface area contributed by atoms with Crippen LogP contribution in [0.25, 0.3) is 5.53 Å². The first-order valence-electron chi connectivity index (χ1n) is 3.83. The Morgan fingerprint density at radius 3 is 2.44 bits per heavy atom. The van der Waals surface area contributed by atoms with Crippen molar-refractivity contribution in [2.45, 2.75) is 6.42 Å². The van der Waals surface area contributed by atoms with E-state index in [1.165, 1.54) is 0 Å². The predicted octanol–water partition coefficient (Wildman–Crippen LogP) is -0.271. The molecule has 3 N–H and O–H groups in total. The van der Waals surface area contributed by atoms with E-state index in [2.05, 4.69) is 4.79 Å². The first-order valence-corrected chi connectivity index (χ1v) is 5.27. The van der Waals surface area contributed by atoms with Crippen molar-refractivity contribution in [1.82, 2.24) is 0 Å². The van der Waals surface area contributed by atoms with Crippen LogP contribution in [0.2, 0.25) is 0 Å². The smallest absolute Gasteiger partial charge is 0.340 e. The molecule has 0 spiro atoms. The second-order valence-electron chi connectivity index (χ2n) is 2.88. The molecule has 16 heavy (non-hydrogen) atoms. The summed E-state index contributed by atoms with van der Waals surface area (Å²) in [6.45, 7) is 0. The van der Waals surface area contributed by atoms with E-state index in [0.717, 1.165) is 0 Å². The van der Waals surface area contributed by atoms with Gasteiger partial charge in [-0.1, -0.05) is 0 Å². The van der Waals surface area contributed by atoms with Crippen molar-refractivity contribution >= 4 is 21.8 Å². The molecule has 0 heterocycles. The molecule has 9 heteroatoms. The Morgan fingerprint density at radius 2 is 2.06 bits per heavy atom. The number of hydrogen-bond acceptors (Lipinski definition) is 4. The first kappa shape index (κ1) is 12.1. The van der Waals surface area contributed by atoms with Crippen LogP contribution in [0, 0.1) is 0 Å². The Labute approximate surface area is 89.5 Å². The van der Waals surface area contributed by atoms with Gasteiger partial charge in [-0.2, -0.15) is 13.2 Å². The molecule has 8 nitrogen and oxygen atoms in total. The van der Waals surface area contributed by atoms with Gasteiger partial charge in [0.05, 0.1) is 0 Å². The highest BCUT2D eigenvalue weighted by Crippen LogP contribution is 2.25. The summed E-state index contributed by atoms with van der Waals surface area (Å²) in [7, 11) is -4.83. The maximum Gasteiger partial charge on any atom is 0.340 e. The number of carboxylic acids is 1. The van der Waals surface area contributed by atoms with Crippen LogP contribution >= 0.6 is 0 Å². The maximum absolute atomic E-state index is 10.9. The van der Waals surface area contributed by atoms with Crippen LogP contribution in [0.15, 0.2) is 22.3 Å². The van der Waals surface area contributed by atoms with Crippen LogP contribution in [0.4, 0.5) is 0 Å². The Morgan fingerprint density at radius 1 is 1.50 bits per heavy atom. The molecule has 0 radical (unpaired) electrons. The number of carboxylic acid groups (broad SMARTS) is 1. The molecule has 0 aromatic carbocycles. The van der Waals surface area contributed by atoms with Gasteiger partial charge in [0, 0.05) is 6.08 Å². The number of aliphatic carboxylic acids is 1. The van der Waals surface area contributed by atoms with E-state index in [4.69, 9.17) is 15.2 Å². The highest BCUT2D eigenvalue weighted by Gasteiger charge is 2.34. The van der Waals surface area contributed by atoms with Gasteiger partial charge in [0.1, 0.15) is 22.7 Å². The van der Waals surface area contributed by atoms with Crippen LogP contribution in [0.3, 0.4) is 0 Å². The summed E-state index contributed by atoms with van der Waals surface area (Å²) in [5, 5.41) is 17.9. The zero-order valence-corrected chi connectivity index (χ0v) is 8.47. The lowest BCUT2D eigenvalue weighted by Gasteiger charge is -2.10. The Balaban J connectivity index is 3.55. The largest absolute Gasteiger partial charge is 0.511 e. The zero-order chi connectivity index (χ0) is 12.5. The average Bonchev–Trinajstić information content (AvgIpc) is 2.14. The van der Waals surface area contributed by atoms with E-state index in [9.17, 15) is 18.3 Å². The molecule has 0 saturated carbocycles. The van der Waals surface area contributed by atoms with Crippen molar-refractivity contribution in [2.24, 2.45) is 0 Å². The molecule has 0 aromatic heterocycles. The third-order valence-corrected chi connectivity index (χ3v) is 2.68. The molecule has 1 aliphatic rings. The lowest BCUT2D eigenvalue weighted by Crippen LogP contribution is -2.20. The van der Waals surface area contributed by atoms with Gasteiger partial charge in [-0.05, 0) is 0 Å². The van der Waals surface area contributed by atoms with E-state index in [1.54, 1.807) is 0 Å². The summed E-state index contributed by atoms with van der Waals surface area (Å²) in [6, 6.07) is 0.